The molecule has 3 heteroatoms. The van der Waals surface area contributed by atoms with Gasteiger partial charge in [0.2, 0.25) is 0 Å². The molecule has 3 nitrogen and oxygen atoms in total. The molecule has 0 aromatic heterocycles. The fourth-order valence-electron chi connectivity index (χ4n) is 3.78. The van der Waals surface area contributed by atoms with Crippen LogP contribution in [0.2, 0.25) is 0 Å². The van der Waals surface area contributed by atoms with Gasteiger partial charge in [-0.15, -0.1) is 0 Å². The Balaban J connectivity index is 1.69. The smallest absolute Gasteiger partial charge is 0.147 e. The molecule has 3 unspecified atom stereocenters. The van der Waals surface area contributed by atoms with Crippen molar-refractivity contribution in [3.8, 4) is 0 Å². The molecule has 0 bridgehead atoms. The van der Waals surface area contributed by atoms with Crippen molar-refractivity contribution in [3.63, 3.8) is 0 Å². The molecule has 1 heterocycles. The molecule has 3 atom stereocenters. The number of carbonyl (C=O) groups excluding carboxylic acids is 1. The molecule has 1 saturated heterocycles. The van der Waals surface area contributed by atoms with Crippen LogP contribution >= 0.6 is 0 Å². The van der Waals surface area contributed by atoms with E-state index in [4.69, 9.17) is 9.47 Å². The number of ketones is 1. The summed E-state index contributed by atoms with van der Waals surface area (Å²) in [5.41, 5.74) is 4.93. The lowest BCUT2D eigenvalue weighted by Crippen LogP contribution is -2.35. The molecule has 1 aliphatic heterocycles. The number of aryl methyl sites for hydroxylation is 3. The second kappa shape index (κ2) is 5.90. The van der Waals surface area contributed by atoms with Gasteiger partial charge in [0.1, 0.15) is 12.6 Å². The molecular weight excluding hydrogens is 264 g/mol. The molecular formula is C18H24O3. The maximum atomic E-state index is 12.6. The first-order valence-electron chi connectivity index (χ1n) is 7.87. The van der Waals surface area contributed by atoms with Crippen LogP contribution in [0.4, 0.5) is 0 Å². The van der Waals surface area contributed by atoms with Crippen molar-refractivity contribution in [3.05, 3.63) is 34.4 Å². The van der Waals surface area contributed by atoms with Crippen LogP contribution in [0.5, 0.6) is 0 Å². The average molecular weight is 288 g/mol. The zero-order valence-corrected chi connectivity index (χ0v) is 13.1. The van der Waals surface area contributed by atoms with E-state index in [1.807, 2.05) is 0 Å². The number of rotatable bonds is 3. The van der Waals surface area contributed by atoms with E-state index in [-0.39, 0.29) is 18.1 Å². The lowest BCUT2D eigenvalue weighted by molar-refractivity contribution is -0.124. The molecule has 1 saturated carbocycles. The van der Waals surface area contributed by atoms with E-state index in [2.05, 4.69) is 32.9 Å². The summed E-state index contributed by atoms with van der Waals surface area (Å²) in [5.74, 6) is 0.493. The Kier molecular flexibility index (Phi) is 4.14. The maximum absolute atomic E-state index is 12.6. The second-order valence-corrected chi connectivity index (χ2v) is 6.56. The van der Waals surface area contributed by atoms with Crippen molar-refractivity contribution >= 4 is 5.78 Å². The van der Waals surface area contributed by atoms with Gasteiger partial charge in [-0.3, -0.25) is 4.79 Å². The van der Waals surface area contributed by atoms with Crippen molar-refractivity contribution in [1.82, 2.24) is 0 Å². The van der Waals surface area contributed by atoms with Crippen LogP contribution < -0.4 is 0 Å². The molecule has 1 aliphatic carbocycles. The monoisotopic (exact) mass is 288 g/mol. The standard InChI is InChI=1S/C18H24O3/c1-11-6-12(2)15(13(3)7-11)9-16(19)14-4-5-17-18(8-14)21-10-20-17/h6-7,14,17-18H,4-5,8-10H2,1-3H3. The third kappa shape index (κ3) is 3.04. The topological polar surface area (TPSA) is 35.5 Å². The summed E-state index contributed by atoms with van der Waals surface area (Å²) in [7, 11) is 0. The highest BCUT2D eigenvalue weighted by Crippen LogP contribution is 2.33. The Morgan fingerprint density at radius 1 is 1.10 bits per heavy atom. The van der Waals surface area contributed by atoms with Gasteiger partial charge in [-0.2, -0.15) is 0 Å². The minimum Gasteiger partial charge on any atom is -0.349 e. The van der Waals surface area contributed by atoms with Gasteiger partial charge in [-0.1, -0.05) is 17.7 Å². The van der Waals surface area contributed by atoms with Crippen molar-refractivity contribution in [2.75, 3.05) is 6.79 Å². The van der Waals surface area contributed by atoms with Gasteiger partial charge >= 0.3 is 0 Å². The summed E-state index contributed by atoms with van der Waals surface area (Å²) in [6.45, 7) is 6.71. The summed E-state index contributed by atoms with van der Waals surface area (Å²) in [6.07, 6.45) is 3.62. The Morgan fingerprint density at radius 3 is 2.48 bits per heavy atom. The van der Waals surface area contributed by atoms with E-state index >= 15 is 0 Å². The van der Waals surface area contributed by atoms with Crippen LogP contribution in [-0.2, 0) is 20.7 Å². The lowest BCUT2D eigenvalue weighted by atomic mass is 9.80. The van der Waals surface area contributed by atoms with Gasteiger partial charge in [0, 0.05) is 12.3 Å². The number of fused-ring (bicyclic) bond motifs is 1. The minimum atomic E-state index is 0.132. The van der Waals surface area contributed by atoms with Crippen molar-refractivity contribution in [2.24, 2.45) is 5.92 Å². The second-order valence-electron chi connectivity index (χ2n) is 6.56. The summed E-state index contributed by atoms with van der Waals surface area (Å²) in [6, 6.07) is 4.33. The number of benzene rings is 1. The molecule has 0 spiro atoms. The van der Waals surface area contributed by atoms with Crippen molar-refractivity contribution < 1.29 is 14.3 Å². The zero-order chi connectivity index (χ0) is 15.0. The Morgan fingerprint density at radius 2 is 1.76 bits per heavy atom. The number of hydrogen-bond donors (Lipinski definition) is 0. The van der Waals surface area contributed by atoms with E-state index in [0.29, 0.717) is 19.0 Å². The van der Waals surface area contributed by atoms with Crippen LogP contribution in [0.3, 0.4) is 0 Å². The van der Waals surface area contributed by atoms with E-state index in [9.17, 15) is 4.79 Å². The predicted octanol–water partition coefficient (Wildman–Crippen LogP) is 3.27. The van der Waals surface area contributed by atoms with Gasteiger partial charge in [0.05, 0.1) is 12.2 Å². The zero-order valence-electron chi connectivity index (χ0n) is 13.1. The number of hydrogen-bond acceptors (Lipinski definition) is 3. The molecule has 2 aliphatic rings. The van der Waals surface area contributed by atoms with Crippen molar-refractivity contribution in [2.45, 2.75) is 58.7 Å². The highest BCUT2D eigenvalue weighted by Gasteiger charge is 2.38. The first-order chi connectivity index (χ1) is 10.0. The molecule has 21 heavy (non-hydrogen) atoms. The third-order valence-electron chi connectivity index (χ3n) is 4.94. The average Bonchev–Trinajstić information content (AvgIpc) is 2.89. The molecule has 0 N–H and O–H groups in total. The fraction of sp³-hybridized carbons (Fsp3) is 0.611. The molecule has 1 aromatic carbocycles. The first-order valence-corrected chi connectivity index (χ1v) is 7.87. The molecule has 114 valence electrons. The quantitative estimate of drug-likeness (QED) is 0.856. The molecule has 2 fully saturated rings. The predicted molar refractivity (Wildman–Crippen MR) is 81.3 cm³/mol. The van der Waals surface area contributed by atoms with Gasteiger partial charge in [-0.25, -0.2) is 0 Å². The minimum absolute atomic E-state index is 0.132. The van der Waals surface area contributed by atoms with Crippen molar-refractivity contribution in [1.29, 1.82) is 0 Å². The highest BCUT2D eigenvalue weighted by atomic mass is 16.7. The van der Waals surface area contributed by atoms with Crippen LogP contribution in [0.25, 0.3) is 0 Å². The van der Waals surface area contributed by atoms with Gasteiger partial charge < -0.3 is 9.47 Å². The Labute approximate surface area is 126 Å². The van der Waals surface area contributed by atoms with E-state index < -0.39 is 0 Å². The summed E-state index contributed by atoms with van der Waals surface area (Å²) >= 11 is 0. The molecule has 0 radical (unpaired) electrons. The Bertz CT molecular complexity index is 526. The molecule has 0 amide bonds. The largest absolute Gasteiger partial charge is 0.349 e. The van der Waals surface area contributed by atoms with Crippen LogP contribution in [0.1, 0.15) is 41.5 Å². The summed E-state index contributed by atoms with van der Waals surface area (Å²) in [5, 5.41) is 0. The molecule has 1 aromatic rings. The van der Waals surface area contributed by atoms with Crippen LogP contribution in [0.15, 0.2) is 12.1 Å². The maximum Gasteiger partial charge on any atom is 0.147 e. The van der Waals surface area contributed by atoms with E-state index in [1.165, 1.54) is 22.3 Å². The number of ether oxygens (including phenoxy) is 2. The van der Waals surface area contributed by atoms with Gasteiger partial charge in [-0.05, 0) is 56.7 Å². The van der Waals surface area contributed by atoms with Gasteiger partial charge in [0.25, 0.3) is 0 Å². The summed E-state index contributed by atoms with van der Waals surface area (Å²) in [4.78, 5) is 12.6. The molecule has 3 rings (SSSR count). The normalized spacial score (nSPS) is 28.4. The number of Topliss-reactive ketones (excluding diaryl/α,β-unsaturated/α-hetero) is 1. The third-order valence-corrected chi connectivity index (χ3v) is 4.94. The lowest BCUT2D eigenvalue weighted by Gasteiger charge is -2.28. The van der Waals surface area contributed by atoms with E-state index in [1.54, 1.807) is 0 Å². The fourth-order valence-corrected chi connectivity index (χ4v) is 3.78. The SMILES string of the molecule is Cc1cc(C)c(CC(=O)C2CCC3OCOC3C2)c(C)c1. The van der Waals surface area contributed by atoms with Crippen LogP contribution in [-0.4, -0.2) is 24.8 Å². The van der Waals surface area contributed by atoms with E-state index in [0.717, 1.165) is 19.3 Å². The Hall–Kier alpha value is -1.19. The number of carbonyl (C=O) groups is 1. The summed E-state index contributed by atoms with van der Waals surface area (Å²) < 4.78 is 11.1. The van der Waals surface area contributed by atoms with Crippen LogP contribution in [0, 0.1) is 26.7 Å². The first kappa shape index (κ1) is 14.7. The highest BCUT2D eigenvalue weighted by molar-refractivity contribution is 5.84. The van der Waals surface area contributed by atoms with Gasteiger partial charge in [0.15, 0.2) is 0 Å².